The Morgan fingerprint density at radius 2 is 1.72 bits per heavy atom. The van der Waals surface area contributed by atoms with E-state index in [9.17, 15) is 4.79 Å². The van der Waals surface area contributed by atoms with E-state index in [-0.39, 0.29) is 5.91 Å². The minimum atomic E-state index is 0.0940. The molecule has 3 heteroatoms. The molecular formula is C15H20N2O. The molecule has 1 saturated heterocycles. The summed E-state index contributed by atoms with van der Waals surface area (Å²) in [6.07, 6.45) is 0. The van der Waals surface area contributed by atoms with Gasteiger partial charge in [-0.05, 0) is 49.6 Å². The Hall–Kier alpha value is -1.61. The Balaban J connectivity index is 2.25. The van der Waals surface area contributed by atoms with E-state index >= 15 is 0 Å². The molecule has 18 heavy (non-hydrogen) atoms. The Kier molecular flexibility index (Phi) is 3.53. The average molecular weight is 244 g/mol. The zero-order valence-electron chi connectivity index (χ0n) is 11.5. The monoisotopic (exact) mass is 244 g/mol. The third kappa shape index (κ3) is 2.46. The minimum Gasteiger partial charge on any atom is -0.312 e. The zero-order chi connectivity index (χ0) is 13.3. The fraction of sp³-hybridized carbons (Fsp3) is 0.400. The van der Waals surface area contributed by atoms with Crippen LogP contribution >= 0.6 is 0 Å². The van der Waals surface area contributed by atoms with Gasteiger partial charge in [-0.2, -0.15) is 0 Å². The molecule has 0 aromatic heterocycles. The van der Waals surface area contributed by atoms with E-state index in [0.29, 0.717) is 0 Å². The van der Waals surface area contributed by atoms with Crippen molar-refractivity contribution in [2.24, 2.45) is 0 Å². The SMILES string of the molecule is CC(C(=O)N(C)c1cc(C)cc(C)c1)=C1CNC1. The van der Waals surface area contributed by atoms with Gasteiger partial charge in [-0.15, -0.1) is 0 Å². The number of hydrogen-bond acceptors (Lipinski definition) is 2. The number of amides is 1. The van der Waals surface area contributed by atoms with Gasteiger partial charge in [-0.3, -0.25) is 4.79 Å². The molecule has 1 aromatic carbocycles. The van der Waals surface area contributed by atoms with E-state index in [1.807, 2.05) is 26.1 Å². The first-order chi connectivity index (χ1) is 8.49. The van der Waals surface area contributed by atoms with E-state index in [1.165, 1.54) is 16.7 Å². The smallest absolute Gasteiger partial charge is 0.253 e. The lowest BCUT2D eigenvalue weighted by molar-refractivity contribution is -0.114. The highest BCUT2D eigenvalue weighted by Crippen LogP contribution is 2.20. The Bertz CT molecular complexity index is 491. The molecule has 1 aromatic rings. The van der Waals surface area contributed by atoms with Crippen LogP contribution in [-0.4, -0.2) is 26.0 Å². The van der Waals surface area contributed by atoms with Crippen LogP contribution in [0.2, 0.25) is 0 Å². The number of benzene rings is 1. The van der Waals surface area contributed by atoms with Gasteiger partial charge in [0.25, 0.3) is 5.91 Å². The van der Waals surface area contributed by atoms with Gasteiger partial charge in [-0.1, -0.05) is 6.07 Å². The van der Waals surface area contributed by atoms with Crippen LogP contribution in [0.25, 0.3) is 0 Å². The quantitative estimate of drug-likeness (QED) is 0.809. The number of carbonyl (C=O) groups is 1. The number of rotatable bonds is 2. The third-order valence-electron chi connectivity index (χ3n) is 3.43. The molecule has 1 amide bonds. The fourth-order valence-electron chi connectivity index (χ4n) is 2.18. The Morgan fingerprint density at radius 3 is 2.17 bits per heavy atom. The van der Waals surface area contributed by atoms with Crippen LogP contribution in [0.4, 0.5) is 5.69 Å². The van der Waals surface area contributed by atoms with Crippen molar-refractivity contribution in [1.82, 2.24) is 5.32 Å². The van der Waals surface area contributed by atoms with Crippen LogP contribution in [-0.2, 0) is 4.79 Å². The second-order valence-corrected chi connectivity index (χ2v) is 5.04. The molecule has 0 spiro atoms. The van der Waals surface area contributed by atoms with E-state index < -0.39 is 0 Å². The normalized spacial score (nSPS) is 14.1. The molecule has 0 aliphatic carbocycles. The molecule has 96 valence electrons. The predicted octanol–water partition coefficient (Wildman–Crippen LogP) is 2.19. The van der Waals surface area contributed by atoms with Crippen molar-refractivity contribution in [1.29, 1.82) is 0 Å². The molecule has 2 rings (SSSR count). The zero-order valence-corrected chi connectivity index (χ0v) is 11.5. The van der Waals surface area contributed by atoms with Crippen LogP contribution in [0.3, 0.4) is 0 Å². The predicted molar refractivity (Wildman–Crippen MR) is 74.9 cm³/mol. The van der Waals surface area contributed by atoms with Crippen molar-refractivity contribution in [3.8, 4) is 0 Å². The highest BCUT2D eigenvalue weighted by Gasteiger charge is 2.19. The number of nitrogens with one attached hydrogen (secondary N) is 1. The van der Waals surface area contributed by atoms with Crippen LogP contribution in [0, 0.1) is 13.8 Å². The molecule has 0 radical (unpaired) electrons. The Labute approximate surface area is 108 Å². The minimum absolute atomic E-state index is 0.0940. The summed E-state index contributed by atoms with van der Waals surface area (Å²) in [5.74, 6) is 0.0940. The molecule has 1 N–H and O–H groups in total. The summed E-state index contributed by atoms with van der Waals surface area (Å²) in [4.78, 5) is 14.1. The molecule has 1 aliphatic rings. The van der Waals surface area contributed by atoms with E-state index in [4.69, 9.17) is 0 Å². The van der Waals surface area contributed by atoms with Crippen molar-refractivity contribution >= 4 is 11.6 Å². The van der Waals surface area contributed by atoms with Crippen molar-refractivity contribution in [2.75, 3.05) is 25.0 Å². The summed E-state index contributed by atoms with van der Waals surface area (Å²) in [7, 11) is 1.84. The van der Waals surface area contributed by atoms with Crippen molar-refractivity contribution in [3.63, 3.8) is 0 Å². The summed E-state index contributed by atoms with van der Waals surface area (Å²) >= 11 is 0. The van der Waals surface area contributed by atoms with Crippen LogP contribution in [0.5, 0.6) is 0 Å². The molecule has 1 heterocycles. The molecule has 0 atom stereocenters. The van der Waals surface area contributed by atoms with Gasteiger partial charge in [0.15, 0.2) is 0 Å². The molecule has 0 saturated carbocycles. The first kappa shape index (κ1) is 12.8. The summed E-state index contributed by atoms with van der Waals surface area (Å²) in [6.45, 7) is 7.71. The number of anilines is 1. The maximum absolute atomic E-state index is 12.3. The molecule has 1 aliphatic heterocycles. The van der Waals surface area contributed by atoms with Gasteiger partial charge in [-0.25, -0.2) is 0 Å². The molecular weight excluding hydrogens is 224 g/mol. The number of nitrogens with zero attached hydrogens (tertiary/aromatic N) is 1. The van der Waals surface area contributed by atoms with Gasteiger partial charge in [0.2, 0.25) is 0 Å². The van der Waals surface area contributed by atoms with Crippen LogP contribution in [0.1, 0.15) is 18.1 Å². The average Bonchev–Trinajstić information content (AvgIpc) is 2.23. The van der Waals surface area contributed by atoms with Crippen molar-refractivity contribution in [3.05, 3.63) is 40.5 Å². The lowest BCUT2D eigenvalue weighted by Gasteiger charge is -2.25. The summed E-state index contributed by atoms with van der Waals surface area (Å²) in [6, 6.07) is 6.20. The Morgan fingerprint density at radius 1 is 1.17 bits per heavy atom. The van der Waals surface area contributed by atoms with Crippen molar-refractivity contribution < 1.29 is 4.79 Å². The van der Waals surface area contributed by atoms with Crippen LogP contribution < -0.4 is 10.2 Å². The van der Waals surface area contributed by atoms with Gasteiger partial charge in [0.05, 0.1) is 0 Å². The summed E-state index contributed by atoms with van der Waals surface area (Å²) < 4.78 is 0. The lowest BCUT2D eigenvalue weighted by atomic mass is 10.0. The van der Waals surface area contributed by atoms with E-state index in [0.717, 1.165) is 24.4 Å². The highest BCUT2D eigenvalue weighted by molar-refractivity contribution is 6.05. The number of aryl methyl sites for hydroxylation is 2. The highest BCUT2D eigenvalue weighted by atomic mass is 16.2. The van der Waals surface area contributed by atoms with Crippen molar-refractivity contribution in [2.45, 2.75) is 20.8 Å². The second-order valence-electron chi connectivity index (χ2n) is 5.04. The number of likely N-dealkylation sites (N-methyl/N-ethyl adjacent to an activating group) is 1. The molecule has 0 bridgehead atoms. The van der Waals surface area contributed by atoms with Crippen LogP contribution in [0.15, 0.2) is 29.3 Å². The first-order valence-electron chi connectivity index (χ1n) is 6.24. The summed E-state index contributed by atoms with van der Waals surface area (Å²) in [5, 5.41) is 3.17. The molecule has 3 nitrogen and oxygen atoms in total. The van der Waals surface area contributed by atoms with Gasteiger partial charge in [0.1, 0.15) is 0 Å². The first-order valence-corrected chi connectivity index (χ1v) is 6.24. The maximum atomic E-state index is 12.3. The second kappa shape index (κ2) is 4.94. The largest absolute Gasteiger partial charge is 0.312 e. The van der Waals surface area contributed by atoms with Gasteiger partial charge < -0.3 is 10.2 Å². The van der Waals surface area contributed by atoms with Gasteiger partial charge in [0, 0.05) is 31.4 Å². The van der Waals surface area contributed by atoms with E-state index in [1.54, 1.807) is 4.90 Å². The molecule has 1 fully saturated rings. The topological polar surface area (TPSA) is 32.3 Å². The lowest BCUT2D eigenvalue weighted by Crippen LogP contribution is -2.38. The summed E-state index contributed by atoms with van der Waals surface area (Å²) in [5.41, 5.74) is 5.41. The van der Waals surface area contributed by atoms with E-state index in [2.05, 4.69) is 25.2 Å². The standard InChI is InChI=1S/C15H20N2O/c1-10-5-11(2)7-14(6-10)17(4)15(18)12(3)13-8-16-9-13/h5-7,16H,8-9H2,1-4H3. The fourth-order valence-corrected chi connectivity index (χ4v) is 2.18. The third-order valence-corrected chi connectivity index (χ3v) is 3.43. The number of carbonyl (C=O) groups excluding carboxylic acids is 1. The maximum Gasteiger partial charge on any atom is 0.253 e. The molecule has 0 unspecified atom stereocenters. The van der Waals surface area contributed by atoms with Gasteiger partial charge >= 0.3 is 0 Å². The number of hydrogen-bond donors (Lipinski definition) is 1.